The number of urea groups is 1. The Kier molecular flexibility index (Phi) is 7.41. The van der Waals surface area contributed by atoms with Crippen molar-refractivity contribution in [3.8, 4) is 0 Å². The van der Waals surface area contributed by atoms with E-state index in [4.69, 9.17) is 4.74 Å². The Morgan fingerprint density at radius 3 is 2.35 bits per heavy atom. The van der Waals surface area contributed by atoms with Gasteiger partial charge in [0.2, 0.25) is 0 Å². The quantitative estimate of drug-likeness (QED) is 0.747. The predicted octanol–water partition coefficient (Wildman–Crippen LogP) is 0.863. The SMILES string of the molecule is CCOC(=O)Nc1ccc2c(c1)N(C(=O)N1CCN(C)CC1)c1ccccc1CC2.[Cl-]. The minimum Gasteiger partial charge on any atom is -1.00 e. The zero-order valence-electron chi connectivity index (χ0n) is 17.9. The fourth-order valence-corrected chi connectivity index (χ4v) is 4.03. The molecule has 2 heterocycles. The van der Waals surface area contributed by atoms with Crippen LogP contribution in [0.3, 0.4) is 0 Å². The molecule has 0 bridgehead atoms. The van der Waals surface area contributed by atoms with Gasteiger partial charge in [-0.15, -0.1) is 0 Å². The number of hydrogen-bond donors (Lipinski definition) is 1. The molecule has 2 aromatic carbocycles. The second-order valence-corrected chi connectivity index (χ2v) is 7.73. The van der Waals surface area contributed by atoms with E-state index in [0.717, 1.165) is 48.4 Å². The van der Waals surface area contributed by atoms with Crippen molar-refractivity contribution in [2.45, 2.75) is 19.8 Å². The summed E-state index contributed by atoms with van der Waals surface area (Å²) in [7, 11) is 2.08. The highest BCUT2D eigenvalue weighted by atomic mass is 35.5. The van der Waals surface area contributed by atoms with Gasteiger partial charge in [-0.3, -0.25) is 10.2 Å². The molecule has 0 aliphatic carbocycles. The van der Waals surface area contributed by atoms with E-state index in [0.29, 0.717) is 25.4 Å². The van der Waals surface area contributed by atoms with Crippen LogP contribution < -0.4 is 22.6 Å². The molecule has 0 aromatic heterocycles. The third-order valence-corrected chi connectivity index (χ3v) is 5.71. The number of nitrogens with zero attached hydrogens (tertiary/aromatic N) is 3. The van der Waals surface area contributed by atoms with Gasteiger partial charge in [-0.25, -0.2) is 9.59 Å². The number of amides is 3. The lowest BCUT2D eigenvalue weighted by Crippen LogP contribution is -3.00. The monoisotopic (exact) mass is 443 g/mol. The molecule has 0 atom stereocenters. The van der Waals surface area contributed by atoms with Crippen molar-refractivity contribution in [1.82, 2.24) is 9.80 Å². The number of para-hydroxylation sites is 1. The number of hydrogen-bond acceptors (Lipinski definition) is 4. The molecule has 1 N–H and O–H groups in total. The fourth-order valence-electron chi connectivity index (χ4n) is 4.03. The van der Waals surface area contributed by atoms with Crippen LogP contribution in [0.5, 0.6) is 0 Å². The number of halogens is 1. The average Bonchev–Trinajstić information content (AvgIpc) is 2.90. The maximum absolute atomic E-state index is 13.7. The van der Waals surface area contributed by atoms with Crippen LogP contribution in [-0.2, 0) is 17.6 Å². The van der Waals surface area contributed by atoms with Crippen LogP contribution in [0.25, 0.3) is 0 Å². The van der Waals surface area contributed by atoms with Gasteiger partial charge in [0, 0.05) is 31.9 Å². The first-order valence-corrected chi connectivity index (χ1v) is 10.5. The van der Waals surface area contributed by atoms with Crippen molar-refractivity contribution in [2.75, 3.05) is 50.1 Å². The third-order valence-electron chi connectivity index (χ3n) is 5.71. The number of aryl methyl sites for hydroxylation is 2. The minimum atomic E-state index is -0.497. The van der Waals surface area contributed by atoms with Gasteiger partial charge in [0.1, 0.15) is 0 Å². The Hall–Kier alpha value is -2.77. The first-order valence-electron chi connectivity index (χ1n) is 10.5. The largest absolute Gasteiger partial charge is 1.00 e. The number of anilines is 3. The van der Waals surface area contributed by atoms with Crippen molar-refractivity contribution in [2.24, 2.45) is 0 Å². The number of rotatable bonds is 2. The topological polar surface area (TPSA) is 65.1 Å². The Morgan fingerprint density at radius 2 is 1.65 bits per heavy atom. The van der Waals surface area contributed by atoms with E-state index < -0.39 is 6.09 Å². The normalized spacial score (nSPS) is 15.8. The molecule has 0 spiro atoms. The number of likely N-dealkylation sites (N-methyl/N-ethyl adjacent to an activating group) is 1. The summed E-state index contributed by atoms with van der Waals surface area (Å²) in [5.74, 6) is 0. The lowest BCUT2D eigenvalue weighted by molar-refractivity contribution is -0.0000151. The molecule has 2 aliphatic heterocycles. The molecule has 1 fully saturated rings. The zero-order valence-corrected chi connectivity index (χ0v) is 18.7. The summed E-state index contributed by atoms with van der Waals surface area (Å²) in [6.07, 6.45) is 1.20. The molecule has 31 heavy (non-hydrogen) atoms. The summed E-state index contributed by atoms with van der Waals surface area (Å²) >= 11 is 0. The Labute approximate surface area is 189 Å². The molecule has 8 heteroatoms. The van der Waals surface area contributed by atoms with Gasteiger partial charge in [-0.05, 0) is 56.1 Å². The summed E-state index contributed by atoms with van der Waals surface area (Å²) in [6.45, 7) is 5.19. The van der Waals surface area contributed by atoms with Gasteiger partial charge in [0.05, 0.1) is 18.0 Å². The maximum atomic E-state index is 13.7. The molecule has 0 radical (unpaired) electrons. The molecule has 7 nitrogen and oxygen atoms in total. The van der Waals surface area contributed by atoms with Gasteiger partial charge in [0.15, 0.2) is 0 Å². The molecule has 4 rings (SSSR count). The standard InChI is InChI=1S/C23H28N4O3.ClH/c1-3-30-22(28)24-19-11-10-18-9-8-17-6-4-5-7-20(17)27(21(18)16-19)23(29)26-14-12-25(2)13-15-26;/h4-7,10-11,16H,3,8-9,12-15H2,1-2H3,(H,24,28);1H/p-1. The minimum absolute atomic E-state index is 0. The summed E-state index contributed by atoms with van der Waals surface area (Å²) < 4.78 is 5.01. The van der Waals surface area contributed by atoms with Crippen LogP contribution in [0.4, 0.5) is 26.7 Å². The van der Waals surface area contributed by atoms with E-state index in [-0.39, 0.29) is 18.4 Å². The van der Waals surface area contributed by atoms with Crippen LogP contribution in [0.1, 0.15) is 18.1 Å². The second-order valence-electron chi connectivity index (χ2n) is 7.73. The fraction of sp³-hybridized carbons (Fsp3) is 0.391. The average molecular weight is 444 g/mol. The van der Waals surface area contributed by atoms with Crippen LogP contribution in [0.2, 0.25) is 0 Å². The molecule has 1 saturated heterocycles. The van der Waals surface area contributed by atoms with Crippen molar-refractivity contribution in [3.05, 3.63) is 53.6 Å². The Morgan fingerprint density at radius 1 is 0.968 bits per heavy atom. The lowest BCUT2D eigenvalue weighted by Gasteiger charge is -2.36. The van der Waals surface area contributed by atoms with Gasteiger partial charge in [-0.2, -0.15) is 0 Å². The highest BCUT2D eigenvalue weighted by molar-refractivity contribution is 6.02. The van der Waals surface area contributed by atoms with Crippen molar-refractivity contribution in [3.63, 3.8) is 0 Å². The number of benzene rings is 2. The van der Waals surface area contributed by atoms with E-state index in [2.05, 4.69) is 23.3 Å². The smallest absolute Gasteiger partial charge is 0.411 e. The maximum Gasteiger partial charge on any atom is 0.411 e. The highest BCUT2D eigenvalue weighted by Crippen LogP contribution is 2.38. The third kappa shape index (κ3) is 4.94. The van der Waals surface area contributed by atoms with E-state index >= 15 is 0 Å². The molecular formula is C23H28ClN4O3-. The van der Waals surface area contributed by atoms with Gasteiger partial charge in [0.25, 0.3) is 0 Å². The first-order chi connectivity index (χ1) is 14.6. The van der Waals surface area contributed by atoms with Crippen LogP contribution in [0.15, 0.2) is 42.5 Å². The number of piperazine rings is 1. The Bertz CT molecular complexity index is 944. The van der Waals surface area contributed by atoms with E-state index in [9.17, 15) is 9.59 Å². The molecular weight excluding hydrogens is 416 g/mol. The van der Waals surface area contributed by atoms with Gasteiger partial charge >= 0.3 is 12.1 Å². The molecule has 2 aliphatic rings. The van der Waals surface area contributed by atoms with E-state index in [1.54, 1.807) is 6.92 Å². The summed E-state index contributed by atoms with van der Waals surface area (Å²) in [6, 6.07) is 13.8. The molecule has 166 valence electrons. The number of nitrogens with one attached hydrogen (secondary N) is 1. The summed E-state index contributed by atoms with van der Waals surface area (Å²) in [5, 5.41) is 2.76. The van der Waals surface area contributed by atoms with E-state index in [1.165, 1.54) is 0 Å². The summed E-state index contributed by atoms with van der Waals surface area (Å²) in [4.78, 5) is 31.6. The number of carbonyl (C=O) groups excluding carboxylic acids is 2. The number of ether oxygens (including phenoxy) is 1. The number of carbonyl (C=O) groups is 2. The van der Waals surface area contributed by atoms with Crippen molar-refractivity contribution >= 4 is 29.2 Å². The summed E-state index contributed by atoms with van der Waals surface area (Å²) in [5.41, 5.74) is 4.58. The van der Waals surface area contributed by atoms with Crippen molar-refractivity contribution < 1.29 is 26.7 Å². The molecule has 0 saturated carbocycles. The first kappa shape index (κ1) is 22.9. The number of fused-ring (bicyclic) bond motifs is 2. The van der Waals surface area contributed by atoms with E-state index in [1.807, 2.05) is 46.2 Å². The second kappa shape index (κ2) is 10.0. The molecule has 2 aromatic rings. The highest BCUT2D eigenvalue weighted by Gasteiger charge is 2.31. The van der Waals surface area contributed by atoms with Gasteiger partial charge < -0.3 is 26.9 Å². The zero-order chi connectivity index (χ0) is 21.1. The Balaban J connectivity index is 0.00000272. The molecule has 0 unspecified atom stereocenters. The molecule has 3 amide bonds. The van der Waals surface area contributed by atoms with Gasteiger partial charge in [-0.1, -0.05) is 24.3 Å². The van der Waals surface area contributed by atoms with Crippen LogP contribution >= 0.6 is 0 Å². The van der Waals surface area contributed by atoms with Crippen LogP contribution in [-0.4, -0.2) is 61.8 Å². The lowest BCUT2D eigenvalue weighted by atomic mass is 10.0. The van der Waals surface area contributed by atoms with Crippen LogP contribution in [0, 0.1) is 0 Å². The predicted molar refractivity (Wildman–Crippen MR) is 118 cm³/mol. The van der Waals surface area contributed by atoms with Crippen molar-refractivity contribution in [1.29, 1.82) is 0 Å².